The van der Waals surface area contributed by atoms with E-state index in [4.69, 9.17) is 0 Å². The Bertz CT molecular complexity index is 1520. The number of benzene rings is 3. The molecule has 0 heterocycles. The van der Waals surface area contributed by atoms with Gasteiger partial charge in [-0.3, -0.25) is 18.7 Å². The summed E-state index contributed by atoms with van der Waals surface area (Å²) in [4.78, 5) is 41.2. The first-order valence-corrected chi connectivity index (χ1v) is 15.8. The molecule has 1 aliphatic rings. The molecule has 0 aromatic heterocycles. The van der Waals surface area contributed by atoms with Crippen LogP contribution >= 0.6 is 0 Å². The quantitative estimate of drug-likeness (QED) is 0.312. The van der Waals surface area contributed by atoms with Crippen molar-refractivity contribution in [2.45, 2.75) is 57.7 Å². The second-order valence-corrected chi connectivity index (χ2v) is 12.6. The van der Waals surface area contributed by atoms with Gasteiger partial charge >= 0.3 is 0 Å². The summed E-state index contributed by atoms with van der Waals surface area (Å²) in [5.74, 6) is -1.86. The minimum atomic E-state index is -3.99. The van der Waals surface area contributed by atoms with E-state index in [1.54, 1.807) is 18.2 Å². The number of rotatable bonds is 12. The molecular formula is C32H36FN3O5S. The third kappa shape index (κ3) is 8.03. The summed E-state index contributed by atoms with van der Waals surface area (Å²) in [5, 5.41) is 3.07. The Labute approximate surface area is 246 Å². The zero-order valence-corrected chi connectivity index (χ0v) is 24.6. The second kappa shape index (κ2) is 13.7. The maximum atomic E-state index is 14.9. The fourth-order valence-electron chi connectivity index (χ4n) is 5.23. The number of hydrogen-bond acceptors (Lipinski definition) is 5. The van der Waals surface area contributed by atoms with Crippen LogP contribution < -0.4 is 9.62 Å². The number of nitrogens with one attached hydrogen (secondary N) is 1. The summed E-state index contributed by atoms with van der Waals surface area (Å²) >= 11 is 0. The molecule has 222 valence electrons. The summed E-state index contributed by atoms with van der Waals surface area (Å²) in [5.41, 5.74) is 1.42. The lowest BCUT2D eigenvalue weighted by atomic mass is 10.0. The molecule has 0 aliphatic heterocycles. The third-order valence-corrected chi connectivity index (χ3v) is 8.63. The van der Waals surface area contributed by atoms with E-state index < -0.39 is 34.3 Å². The molecule has 3 aromatic rings. The number of Topliss-reactive ketones (excluding diaryl/α,β-unsaturated/α-hetero) is 1. The largest absolute Gasteiger partial charge is 0.352 e. The number of sulfonamides is 1. The molecule has 1 saturated carbocycles. The first kappa shape index (κ1) is 30.9. The smallest absolute Gasteiger partial charge is 0.244 e. The molecule has 1 N–H and O–H groups in total. The van der Waals surface area contributed by atoms with E-state index in [-0.39, 0.29) is 47.5 Å². The van der Waals surface area contributed by atoms with Gasteiger partial charge in [-0.05, 0) is 43.5 Å². The van der Waals surface area contributed by atoms with Crippen molar-refractivity contribution < 1.29 is 27.2 Å². The van der Waals surface area contributed by atoms with Gasteiger partial charge in [-0.25, -0.2) is 12.8 Å². The average molecular weight is 594 g/mol. The molecule has 3 aromatic carbocycles. The number of amides is 2. The third-order valence-electron chi connectivity index (χ3n) is 7.49. The van der Waals surface area contributed by atoms with Crippen molar-refractivity contribution in [3.8, 4) is 0 Å². The monoisotopic (exact) mass is 593 g/mol. The molecule has 8 nitrogen and oxygen atoms in total. The van der Waals surface area contributed by atoms with Crippen LogP contribution in [0.3, 0.4) is 0 Å². The van der Waals surface area contributed by atoms with Crippen molar-refractivity contribution in [1.82, 2.24) is 10.2 Å². The summed E-state index contributed by atoms with van der Waals surface area (Å²) in [6.07, 6.45) is 4.77. The molecular weight excluding hydrogens is 557 g/mol. The van der Waals surface area contributed by atoms with Crippen LogP contribution in [0, 0.1) is 5.82 Å². The highest BCUT2D eigenvalue weighted by Gasteiger charge is 2.34. The molecule has 10 heteroatoms. The standard InChI is InChI=1S/C32H36FN3O5S/c1-23(37)25-14-10-17-28(20-25)36(42(2,40)41)22-31(38)35(21-26-13-6-9-18-29(26)33)30(19-24-11-4-3-5-12-24)32(39)34-27-15-7-8-16-27/h3-6,9-14,17-18,20,27,30H,7-8,15-16,19,21-22H2,1-2H3,(H,34,39)/t30-/m1/s1. The van der Waals surface area contributed by atoms with Gasteiger partial charge < -0.3 is 10.2 Å². The van der Waals surface area contributed by atoms with Gasteiger partial charge in [0.1, 0.15) is 18.4 Å². The van der Waals surface area contributed by atoms with Crippen LogP contribution in [0.1, 0.15) is 54.1 Å². The second-order valence-electron chi connectivity index (χ2n) is 10.7. The van der Waals surface area contributed by atoms with Crippen molar-refractivity contribution in [3.63, 3.8) is 0 Å². The Hall–Kier alpha value is -4.05. The molecule has 4 rings (SSSR count). The topological polar surface area (TPSA) is 104 Å². The van der Waals surface area contributed by atoms with Crippen LogP contribution in [-0.2, 0) is 32.6 Å². The first-order chi connectivity index (χ1) is 20.0. The molecule has 0 radical (unpaired) electrons. The molecule has 0 unspecified atom stereocenters. The number of anilines is 1. The molecule has 2 amide bonds. The molecule has 1 aliphatic carbocycles. The van der Waals surface area contributed by atoms with E-state index in [9.17, 15) is 27.2 Å². The van der Waals surface area contributed by atoms with E-state index in [0.717, 1.165) is 41.8 Å². The predicted molar refractivity (Wildman–Crippen MR) is 160 cm³/mol. The van der Waals surface area contributed by atoms with Crippen LogP contribution in [0.25, 0.3) is 0 Å². The van der Waals surface area contributed by atoms with E-state index in [1.807, 2.05) is 30.3 Å². The highest BCUT2D eigenvalue weighted by molar-refractivity contribution is 7.92. The van der Waals surface area contributed by atoms with Gasteiger partial charge in [-0.1, -0.05) is 73.5 Å². The fraction of sp³-hybridized carbons (Fsp3) is 0.344. The van der Waals surface area contributed by atoms with Crippen LogP contribution in [0.5, 0.6) is 0 Å². The van der Waals surface area contributed by atoms with Gasteiger partial charge in [0, 0.05) is 30.1 Å². The SMILES string of the molecule is CC(=O)c1cccc(N(CC(=O)N(Cc2ccccc2F)[C@H](Cc2ccccc2)C(=O)NC2CCCC2)S(C)(=O)=O)c1. The van der Waals surface area contributed by atoms with Gasteiger partial charge in [-0.2, -0.15) is 0 Å². The van der Waals surface area contributed by atoms with E-state index in [2.05, 4.69) is 5.32 Å². The Morgan fingerprint density at radius 3 is 2.26 bits per heavy atom. The maximum absolute atomic E-state index is 14.9. The van der Waals surface area contributed by atoms with Crippen LogP contribution in [-0.4, -0.2) is 55.8 Å². The highest BCUT2D eigenvalue weighted by atomic mass is 32.2. The number of carbonyl (C=O) groups is 3. The Morgan fingerprint density at radius 2 is 1.62 bits per heavy atom. The maximum Gasteiger partial charge on any atom is 0.244 e. The van der Waals surface area contributed by atoms with Crippen molar-refractivity contribution in [1.29, 1.82) is 0 Å². The highest BCUT2D eigenvalue weighted by Crippen LogP contribution is 2.23. The van der Waals surface area contributed by atoms with Crippen molar-refractivity contribution >= 4 is 33.3 Å². The minimum Gasteiger partial charge on any atom is -0.352 e. The van der Waals surface area contributed by atoms with Crippen molar-refractivity contribution in [2.75, 3.05) is 17.1 Å². The number of nitrogens with zero attached hydrogens (tertiary/aromatic N) is 2. The Morgan fingerprint density at radius 1 is 0.952 bits per heavy atom. The molecule has 0 spiro atoms. The summed E-state index contributed by atoms with van der Waals surface area (Å²) < 4.78 is 41.7. The van der Waals surface area contributed by atoms with Crippen molar-refractivity contribution in [2.24, 2.45) is 0 Å². The van der Waals surface area contributed by atoms with E-state index in [0.29, 0.717) is 0 Å². The Balaban J connectivity index is 1.74. The molecule has 1 fully saturated rings. The van der Waals surface area contributed by atoms with Gasteiger partial charge in [0.25, 0.3) is 0 Å². The average Bonchev–Trinajstić information content (AvgIpc) is 3.47. The zero-order chi connectivity index (χ0) is 30.3. The number of ketones is 1. The predicted octanol–water partition coefficient (Wildman–Crippen LogP) is 4.49. The van der Waals surface area contributed by atoms with Crippen LogP contribution in [0.4, 0.5) is 10.1 Å². The molecule has 0 saturated heterocycles. The first-order valence-electron chi connectivity index (χ1n) is 14.0. The summed E-state index contributed by atoms with van der Waals surface area (Å²) in [6, 6.07) is 20.1. The van der Waals surface area contributed by atoms with Gasteiger partial charge in [0.05, 0.1) is 11.9 Å². The number of carbonyl (C=O) groups excluding carboxylic acids is 3. The van der Waals surface area contributed by atoms with Crippen LogP contribution in [0.15, 0.2) is 78.9 Å². The summed E-state index contributed by atoms with van der Waals surface area (Å²) in [6.45, 7) is 0.477. The lowest BCUT2D eigenvalue weighted by Crippen LogP contribution is -2.54. The minimum absolute atomic E-state index is 0.0250. The van der Waals surface area contributed by atoms with Gasteiger partial charge in [0.2, 0.25) is 21.8 Å². The molecule has 0 bridgehead atoms. The lowest BCUT2D eigenvalue weighted by molar-refractivity contribution is -0.140. The molecule has 1 atom stereocenters. The van der Waals surface area contributed by atoms with Crippen molar-refractivity contribution in [3.05, 3.63) is 101 Å². The zero-order valence-electron chi connectivity index (χ0n) is 23.8. The number of hydrogen-bond donors (Lipinski definition) is 1. The lowest BCUT2D eigenvalue weighted by Gasteiger charge is -2.34. The van der Waals surface area contributed by atoms with Gasteiger partial charge in [-0.15, -0.1) is 0 Å². The normalized spacial score (nSPS) is 14.3. The van der Waals surface area contributed by atoms with E-state index in [1.165, 1.54) is 42.2 Å². The fourth-order valence-corrected chi connectivity index (χ4v) is 6.07. The molecule has 42 heavy (non-hydrogen) atoms. The number of halogens is 1. The van der Waals surface area contributed by atoms with Gasteiger partial charge in [0.15, 0.2) is 5.78 Å². The van der Waals surface area contributed by atoms with E-state index >= 15 is 0 Å². The Kier molecular flexibility index (Phi) is 10.1. The van der Waals surface area contributed by atoms with Crippen LogP contribution in [0.2, 0.25) is 0 Å². The summed E-state index contributed by atoms with van der Waals surface area (Å²) in [7, 11) is -3.99.